The highest BCUT2D eigenvalue weighted by Crippen LogP contribution is 2.35. The second kappa shape index (κ2) is 5.74. The molecule has 4 atom stereocenters. The van der Waals surface area contributed by atoms with Crippen LogP contribution < -0.4 is 5.48 Å². The Morgan fingerprint density at radius 3 is 2.91 bits per heavy atom. The van der Waals surface area contributed by atoms with E-state index in [1.54, 1.807) is 5.48 Å². The van der Waals surface area contributed by atoms with Crippen LogP contribution in [0.2, 0.25) is 0 Å². The number of aliphatic hydroxyl groups excluding tert-OH is 2. The van der Waals surface area contributed by atoms with Gasteiger partial charge in [-0.05, 0) is 0 Å². The lowest BCUT2D eigenvalue weighted by Crippen LogP contribution is -2.34. The van der Waals surface area contributed by atoms with Crippen molar-refractivity contribution in [2.75, 3.05) is 19.2 Å². The number of nitrogens with one attached hydrogen (secondary N) is 1. The van der Waals surface area contributed by atoms with Crippen molar-refractivity contribution in [2.24, 2.45) is 0 Å². The highest BCUT2D eigenvalue weighted by atomic mass is 19.1. The highest BCUT2D eigenvalue weighted by molar-refractivity contribution is 5.87. The molecule has 0 bridgehead atoms. The van der Waals surface area contributed by atoms with Gasteiger partial charge in [-0.15, -0.1) is 0 Å². The molecule has 1 aliphatic rings. The smallest absolute Gasteiger partial charge is 0.165 e. The van der Waals surface area contributed by atoms with Crippen molar-refractivity contribution in [1.29, 1.82) is 0 Å². The first-order valence-corrected chi connectivity index (χ1v) is 6.50. The zero-order valence-corrected chi connectivity index (χ0v) is 11.5. The molecule has 10 heteroatoms. The maximum atomic E-state index is 14.2. The van der Waals surface area contributed by atoms with Crippen molar-refractivity contribution in [3.63, 3.8) is 0 Å². The third-order valence-corrected chi connectivity index (χ3v) is 3.71. The molecule has 0 radical (unpaired) electrons. The molecule has 1 saturated heterocycles. The number of nitrogens with zero attached hydrogens (tertiary/aromatic N) is 3. The maximum absolute atomic E-state index is 14.2. The Kier molecular flexibility index (Phi) is 3.93. The van der Waals surface area contributed by atoms with E-state index in [-0.39, 0.29) is 16.9 Å². The summed E-state index contributed by atoms with van der Waals surface area (Å²) >= 11 is 0. The number of aromatic nitrogens is 3. The van der Waals surface area contributed by atoms with Crippen LogP contribution in [-0.2, 0) is 9.47 Å². The summed E-state index contributed by atoms with van der Waals surface area (Å²) in [6.07, 6.45) is -1.36. The van der Waals surface area contributed by atoms with Crippen molar-refractivity contribution in [3.8, 4) is 0 Å². The van der Waals surface area contributed by atoms with Crippen molar-refractivity contribution in [2.45, 2.75) is 24.5 Å². The number of methoxy groups -OCH3 is 1. The van der Waals surface area contributed by atoms with Gasteiger partial charge in [0.05, 0.1) is 12.0 Å². The number of halogens is 1. The third kappa shape index (κ3) is 2.12. The maximum Gasteiger partial charge on any atom is 0.165 e. The van der Waals surface area contributed by atoms with Gasteiger partial charge in [-0.3, -0.25) is 10.7 Å². The zero-order chi connectivity index (χ0) is 15.9. The van der Waals surface area contributed by atoms with Gasteiger partial charge in [0.25, 0.3) is 0 Å². The average Bonchev–Trinajstić information content (AvgIpc) is 3.04. The van der Waals surface area contributed by atoms with Crippen LogP contribution in [0.5, 0.6) is 0 Å². The van der Waals surface area contributed by atoms with Crippen molar-refractivity contribution < 1.29 is 29.3 Å². The standard InChI is InChI=1S/C12H15FN4O5/c1-21-9-8(19)6(3-18)22-12(9)17-2-5(13)7-10(16-20)14-4-15-11(7)17/h2,4,6,8-9,12,18-20H,3H2,1H3,(H,14,15,16)/t6-,8-,9-,12-/m1/s1. The first-order chi connectivity index (χ1) is 10.6. The predicted octanol–water partition coefficient (Wildman–Crippen LogP) is -0.363. The van der Waals surface area contributed by atoms with Crippen LogP contribution in [0.25, 0.3) is 11.0 Å². The molecule has 0 amide bonds. The molecule has 2 aromatic heterocycles. The number of ether oxygens (including phenoxy) is 2. The van der Waals surface area contributed by atoms with Gasteiger partial charge in [0, 0.05) is 13.3 Å². The molecule has 2 aromatic rings. The first-order valence-electron chi connectivity index (χ1n) is 6.50. The summed E-state index contributed by atoms with van der Waals surface area (Å²) in [6.45, 7) is -0.405. The van der Waals surface area contributed by atoms with Crippen molar-refractivity contribution in [1.82, 2.24) is 14.5 Å². The van der Waals surface area contributed by atoms with Crippen molar-refractivity contribution >= 4 is 16.9 Å². The Morgan fingerprint density at radius 2 is 2.27 bits per heavy atom. The number of anilines is 1. The molecule has 0 spiro atoms. The van der Waals surface area contributed by atoms with Crippen LogP contribution in [0, 0.1) is 5.82 Å². The predicted molar refractivity (Wildman–Crippen MR) is 70.7 cm³/mol. The van der Waals surface area contributed by atoms with Crippen molar-refractivity contribution in [3.05, 3.63) is 18.3 Å². The van der Waals surface area contributed by atoms with Gasteiger partial charge in [-0.2, -0.15) is 0 Å². The number of hydrogen-bond donors (Lipinski definition) is 4. The lowest BCUT2D eigenvalue weighted by Gasteiger charge is -2.20. The van der Waals surface area contributed by atoms with Gasteiger partial charge in [0.15, 0.2) is 23.5 Å². The molecule has 1 aliphatic heterocycles. The second-order valence-corrected chi connectivity index (χ2v) is 4.86. The summed E-state index contributed by atoms with van der Waals surface area (Å²) in [5, 5.41) is 28.3. The lowest BCUT2D eigenvalue weighted by molar-refractivity contribution is -0.0582. The number of hydrogen-bond acceptors (Lipinski definition) is 8. The fraction of sp³-hybridized carbons (Fsp3) is 0.500. The third-order valence-electron chi connectivity index (χ3n) is 3.71. The van der Waals surface area contributed by atoms with Gasteiger partial charge >= 0.3 is 0 Å². The summed E-state index contributed by atoms with van der Waals surface area (Å²) in [5.41, 5.74) is 1.96. The normalized spacial score (nSPS) is 28.4. The Morgan fingerprint density at radius 1 is 1.50 bits per heavy atom. The topological polar surface area (TPSA) is 122 Å². The quantitative estimate of drug-likeness (QED) is 0.564. The van der Waals surface area contributed by atoms with Gasteiger partial charge in [0.2, 0.25) is 0 Å². The molecular formula is C12H15FN4O5. The molecule has 120 valence electrons. The molecule has 22 heavy (non-hydrogen) atoms. The SMILES string of the molecule is CO[C@@H]1[C@H](O)[C@@H](CO)O[C@H]1n1cc(F)c2c(NO)ncnc21. The van der Waals surface area contributed by atoms with Crippen LogP contribution in [0.3, 0.4) is 0 Å². The van der Waals surface area contributed by atoms with Gasteiger partial charge in [0.1, 0.15) is 24.6 Å². The number of aliphatic hydroxyl groups is 2. The van der Waals surface area contributed by atoms with Crippen LogP contribution in [0.15, 0.2) is 12.5 Å². The molecule has 1 fully saturated rings. The highest BCUT2D eigenvalue weighted by Gasteiger charge is 2.45. The van der Waals surface area contributed by atoms with Crippen LogP contribution in [0.4, 0.5) is 10.2 Å². The molecule has 3 heterocycles. The second-order valence-electron chi connectivity index (χ2n) is 4.86. The van der Waals surface area contributed by atoms with Crippen LogP contribution in [0.1, 0.15) is 6.23 Å². The Hall–Kier alpha value is -1.85. The van der Waals surface area contributed by atoms with E-state index in [0.29, 0.717) is 0 Å². The van der Waals surface area contributed by atoms with E-state index < -0.39 is 37.0 Å². The summed E-state index contributed by atoms with van der Waals surface area (Å²) < 4.78 is 26.2. The molecule has 4 N–H and O–H groups in total. The molecule has 9 nitrogen and oxygen atoms in total. The molecule has 0 unspecified atom stereocenters. The van der Waals surface area contributed by atoms with Gasteiger partial charge < -0.3 is 24.3 Å². The molecular weight excluding hydrogens is 299 g/mol. The van der Waals surface area contributed by atoms with Gasteiger partial charge in [-0.25, -0.2) is 14.4 Å². The summed E-state index contributed by atoms with van der Waals surface area (Å²) in [4.78, 5) is 7.71. The minimum atomic E-state index is -1.07. The van der Waals surface area contributed by atoms with E-state index in [9.17, 15) is 14.6 Å². The minimum Gasteiger partial charge on any atom is -0.394 e. The number of fused-ring (bicyclic) bond motifs is 1. The Labute approximate surface area is 123 Å². The summed E-state index contributed by atoms with van der Waals surface area (Å²) in [7, 11) is 1.38. The van der Waals surface area contributed by atoms with E-state index in [1.807, 2.05) is 0 Å². The first kappa shape index (κ1) is 15.1. The fourth-order valence-corrected chi connectivity index (χ4v) is 2.67. The summed E-state index contributed by atoms with van der Waals surface area (Å²) in [6, 6.07) is 0. The van der Waals surface area contributed by atoms with Crippen LogP contribution >= 0.6 is 0 Å². The zero-order valence-electron chi connectivity index (χ0n) is 11.5. The molecule has 0 aromatic carbocycles. The van der Waals surface area contributed by atoms with E-state index >= 15 is 0 Å². The Bertz CT molecular complexity index is 681. The van der Waals surface area contributed by atoms with E-state index in [2.05, 4.69) is 9.97 Å². The minimum absolute atomic E-state index is 0.0228. The van der Waals surface area contributed by atoms with Crippen LogP contribution in [-0.4, -0.2) is 62.0 Å². The van der Waals surface area contributed by atoms with Gasteiger partial charge in [-0.1, -0.05) is 0 Å². The molecule has 0 aliphatic carbocycles. The van der Waals surface area contributed by atoms with E-state index in [4.69, 9.17) is 14.7 Å². The number of rotatable bonds is 4. The lowest BCUT2D eigenvalue weighted by atomic mass is 10.1. The largest absolute Gasteiger partial charge is 0.394 e. The fourth-order valence-electron chi connectivity index (χ4n) is 2.67. The average molecular weight is 314 g/mol. The summed E-state index contributed by atoms with van der Waals surface area (Å²) in [5.74, 6) is -0.764. The van der Waals surface area contributed by atoms with E-state index in [1.165, 1.54) is 11.7 Å². The van der Waals surface area contributed by atoms with E-state index in [0.717, 1.165) is 12.5 Å². The monoisotopic (exact) mass is 314 g/mol. The molecule has 3 rings (SSSR count). The Balaban J connectivity index is 2.10. The molecule has 0 saturated carbocycles.